The van der Waals surface area contributed by atoms with Gasteiger partial charge in [0, 0.05) is 26.9 Å². The Balaban J connectivity index is 3.21. The number of esters is 1. The van der Waals surface area contributed by atoms with Crippen molar-refractivity contribution < 1.29 is 22.8 Å². The molecule has 0 aromatic rings. The number of hydrogen-bond acceptors (Lipinski definition) is 5. The minimum Gasteiger partial charge on any atom is -0.463 e. The number of carbonyl (C=O) groups excluding carboxylic acids is 1. The number of rotatable bonds is 10. The molecule has 6 heteroatoms. The van der Waals surface area contributed by atoms with Gasteiger partial charge in [0.15, 0.2) is 0 Å². The Morgan fingerprint density at radius 3 is 2.38 bits per heavy atom. The summed E-state index contributed by atoms with van der Waals surface area (Å²) in [7, 11) is 1.29. The Morgan fingerprint density at radius 1 is 1.19 bits per heavy atom. The first kappa shape index (κ1) is 15.3. The van der Waals surface area contributed by atoms with Crippen molar-refractivity contribution in [2.45, 2.75) is 19.3 Å². The van der Waals surface area contributed by atoms with Crippen molar-refractivity contribution in [3.8, 4) is 0 Å². The molecule has 0 spiro atoms. The Morgan fingerprint density at radius 2 is 1.81 bits per heavy atom. The van der Waals surface area contributed by atoms with Crippen molar-refractivity contribution >= 4 is 15.5 Å². The van der Waals surface area contributed by atoms with Crippen LogP contribution in [0.1, 0.15) is 19.3 Å². The summed E-state index contributed by atoms with van der Waals surface area (Å²) in [5.41, 5.74) is 0. The molecule has 0 saturated carbocycles. The average molecular weight is 248 g/mol. The van der Waals surface area contributed by atoms with E-state index in [1.165, 1.54) is 0 Å². The molecule has 0 N–H and O–H groups in total. The SMILES string of the molecule is C=CC(=O)OCCCCCO[SiH](OC)OC. The van der Waals surface area contributed by atoms with Crippen LogP contribution in [0.4, 0.5) is 0 Å². The maximum Gasteiger partial charge on any atom is 0.483 e. The van der Waals surface area contributed by atoms with Gasteiger partial charge in [-0.2, -0.15) is 0 Å². The first-order chi connectivity index (χ1) is 7.74. The average Bonchev–Trinajstić information content (AvgIpc) is 2.32. The van der Waals surface area contributed by atoms with E-state index in [0.717, 1.165) is 25.3 Å². The Labute approximate surface area is 98.3 Å². The molecule has 0 aliphatic heterocycles. The monoisotopic (exact) mass is 248 g/mol. The minimum absolute atomic E-state index is 0.373. The molecular weight excluding hydrogens is 228 g/mol. The van der Waals surface area contributed by atoms with E-state index >= 15 is 0 Å². The molecule has 0 aliphatic carbocycles. The van der Waals surface area contributed by atoms with Gasteiger partial charge in [-0.15, -0.1) is 0 Å². The van der Waals surface area contributed by atoms with Gasteiger partial charge in [-0.25, -0.2) is 4.79 Å². The summed E-state index contributed by atoms with van der Waals surface area (Å²) in [6, 6.07) is 0. The van der Waals surface area contributed by atoms with Gasteiger partial charge in [0.1, 0.15) is 0 Å². The standard InChI is InChI=1S/C10H20O5Si/c1-4-10(11)14-8-6-5-7-9-15-16(12-2)13-3/h4,16H,1,5-9H2,2-3H3. The van der Waals surface area contributed by atoms with E-state index in [1.807, 2.05) is 0 Å². The van der Waals surface area contributed by atoms with E-state index in [0.29, 0.717) is 13.2 Å². The fourth-order valence-electron chi connectivity index (χ4n) is 1.02. The van der Waals surface area contributed by atoms with Gasteiger partial charge in [0.2, 0.25) is 0 Å². The second-order valence-electron chi connectivity index (χ2n) is 3.06. The highest BCUT2D eigenvalue weighted by molar-refractivity contribution is 6.36. The van der Waals surface area contributed by atoms with Gasteiger partial charge in [-0.3, -0.25) is 0 Å². The molecule has 0 atom stereocenters. The summed E-state index contributed by atoms with van der Waals surface area (Å²) < 4.78 is 20.2. The maximum absolute atomic E-state index is 10.7. The molecule has 0 aromatic carbocycles. The lowest BCUT2D eigenvalue weighted by Crippen LogP contribution is -2.24. The van der Waals surface area contributed by atoms with E-state index in [1.54, 1.807) is 14.2 Å². The predicted molar refractivity (Wildman–Crippen MR) is 62.1 cm³/mol. The van der Waals surface area contributed by atoms with E-state index in [2.05, 4.69) is 6.58 Å². The van der Waals surface area contributed by atoms with Crippen LogP contribution in [0.3, 0.4) is 0 Å². The summed E-state index contributed by atoms with van der Waals surface area (Å²) in [5.74, 6) is -0.373. The van der Waals surface area contributed by atoms with Crippen LogP contribution in [-0.2, 0) is 22.8 Å². The lowest BCUT2D eigenvalue weighted by Gasteiger charge is -2.11. The van der Waals surface area contributed by atoms with E-state index in [4.69, 9.17) is 18.0 Å². The van der Waals surface area contributed by atoms with Gasteiger partial charge in [0.05, 0.1) is 6.61 Å². The molecule has 16 heavy (non-hydrogen) atoms. The van der Waals surface area contributed by atoms with Gasteiger partial charge >= 0.3 is 15.5 Å². The molecule has 0 heterocycles. The molecular formula is C10H20O5Si. The van der Waals surface area contributed by atoms with Crippen LogP contribution in [0.5, 0.6) is 0 Å². The van der Waals surface area contributed by atoms with Crippen molar-refractivity contribution in [3.05, 3.63) is 12.7 Å². The maximum atomic E-state index is 10.7. The van der Waals surface area contributed by atoms with Gasteiger partial charge in [0.25, 0.3) is 0 Å². The zero-order valence-electron chi connectivity index (χ0n) is 9.94. The highest BCUT2D eigenvalue weighted by Crippen LogP contribution is 1.98. The summed E-state index contributed by atoms with van der Waals surface area (Å²) in [6.07, 6.45) is 3.84. The quantitative estimate of drug-likeness (QED) is 0.249. The number of unbranched alkanes of at least 4 members (excludes halogenated alkanes) is 2. The van der Waals surface area contributed by atoms with Crippen molar-refractivity contribution in [1.29, 1.82) is 0 Å². The first-order valence-electron chi connectivity index (χ1n) is 5.21. The molecule has 0 unspecified atom stereocenters. The molecule has 0 aliphatic rings. The molecule has 0 saturated heterocycles. The van der Waals surface area contributed by atoms with Crippen LogP contribution in [-0.4, -0.2) is 42.9 Å². The number of hydrogen-bond donors (Lipinski definition) is 0. The normalized spacial score (nSPS) is 10.4. The second-order valence-corrected chi connectivity index (χ2v) is 4.92. The Kier molecular flexibility index (Phi) is 10.3. The largest absolute Gasteiger partial charge is 0.483 e. The number of ether oxygens (including phenoxy) is 1. The molecule has 0 bridgehead atoms. The third-order valence-corrected chi connectivity index (χ3v) is 3.12. The Hall–Kier alpha value is -0.693. The molecule has 94 valence electrons. The van der Waals surface area contributed by atoms with Crippen LogP contribution in [0.25, 0.3) is 0 Å². The van der Waals surface area contributed by atoms with Crippen LogP contribution in [0.15, 0.2) is 12.7 Å². The zero-order valence-corrected chi connectivity index (χ0v) is 11.1. The minimum atomic E-state index is -1.87. The Bertz CT molecular complexity index is 194. The summed E-state index contributed by atoms with van der Waals surface area (Å²) in [4.78, 5) is 10.7. The van der Waals surface area contributed by atoms with Crippen LogP contribution in [0.2, 0.25) is 0 Å². The first-order valence-corrected chi connectivity index (χ1v) is 6.62. The van der Waals surface area contributed by atoms with Crippen LogP contribution < -0.4 is 0 Å². The third kappa shape index (κ3) is 8.60. The molecule has 0 radical (unpaired) electrons. The highest BCUT2D eigenvalue weighted by Gasteiger charge is 2.09. The van der Waals surface area contributed by atoms with E-state index in [9.17, 15) is 4.79 Å². The topological polar surface area (TPSA) is 54.0 Å². The predicted octanol–water partition coefficient (Wildman–Crippen LogP) is 0.912. The third-order valence-electron chi connectivity index (χ3n) is 1.84. The lowest BCUT2D eigenvalue weighted by atomic mass is 10.2. The molecule has 0 amide bonds. The highest BCUT2D eigenvalue weighted by atomic mass is 28.3. The summed E-state index contributed by atoms with van der Waals surface area (Å²) in [6.45, 7) is 4.36. The van der Waals surface area contributed by atoms with Gasteiger partial charge in [-0.1, -0.05) is 6.58 Å². The molecule has 0 fully saturated rings. The van der Waals surface area contributed by atoms with E-state index < -0.39 is 9.53 Å². The van der Waals surface area contributed by atoms with Crippen molar-refractivity contribution in [2.24, 2.45) is 0 Å². The zero-order chi connectivity index (χ0) is 12.2. The van der Waals surface area contributed by atoms with Crippen LogP contribution in [0, 0.1) is 0 Å². The van der Waals surface area contributed by atoms with Crippen molar-refractivity contribution in [3.63, 3.8) is 0 Å². The molecule has 5 nitrogen and oxygen atoms in total. The lowest BCUT2D eigenvalue weighted by molar-refractivity contribution is -0.137. The van der Waals surface area contributed by atoms with Crippen molar-refractivity contribution in [2.75, 3.05) is 27.4 Å². The van der Waals surface area contributed by atoms with Gasteiger partial charge in [-0.05, 0) is 19.3 Å². The molecule has 0 aromatic heterocycles. The van der Waals surface area contributed by atoms with Crippen LogP contribution >= 0.6 is 0 Å². The summed E-state index contributed by atoms with van der Waals surface area (Å²) in [5, 5.41) is 0. The van der Waals surface area contributed by atoms with E-state index in [-0.39, 0.29) is 5.97 Å². The smallest absolute Gasteiger partial charge is 0.463 e. The fraction of sp³-hybridized carbons (Fsp3) is 0.700. The fourth-order valence-corrected chi connectivity index (χ4v) is 1.85. The van der Waals surface area contributed by atoms with Crippen molar-refractivity contribution in [1.82, 2.24) is 0 Å². The van der Waals surface area contributed by atoms with Gasteiger partial charge < -0.3 is 18.0 Å². The number of carbonyl (C=O) groups is 1. The molecule has 0 rings (SSSR count). The second kappa shape index (κ2) is 10.8. The summed E-state index contributed by atoms with van der Waals surface area (Å²) >= 11 is 0.